The Kier molecular flexibility index (Phi) is 3.72. The standard InChI is InChI=1S/C16H21N3O/c1-2-3-12-6-8-19(9-7-12)16(20)13-4-5-14-15(10-13)18-11-17-14/h4-5,10-12H,2-3,6-9H2,1H3,(H,17,18). The molecule has 20 heavy (non-hydrogen) atoms. The molecule has 1 fully saturated rings. The Balaban J connectivity index is 1.69. The maximum Gasteiger partial charge on any atom is 0.253 e. The van der Waals surface area contributed by atoms with Crippen LogP contribution < -0.4 is 0 Å². The maximum absolute atomic E-state index is 12.5. The van der Waals surface area contributed by atoms with E-state index < -0.39 is 0 Å². The number of carbonyl (C=O) groups is 1. The lowest BCUT2D eigenvalue weighted by Gasteiger charge is -2.32. The largest absolute Gasteiger partial charge is 0.345 e. The van der Waals surface area contributed by atoms with Crippen LogP contribution in [0.5, 0.6) is 0 Å². The van der Waals surface area contributed by atoms with Crippen LogP contribution in [0, 0.1) is 5.92 Å². The van der Waals surface area contributed by atoms with Crippen LogP contribution in [-0.2, 0) is 0 Å². The van der Waals surface area contributed by atoms with Gasteiger partial charge in [0, 0.05) is 18.7 Å². The highest BCUT2D eigenvalue weighted by Gasteiger charge is 2.23. The van der Waals surface area contributed by atoms with Gasteiger partial charge in [0.1, 0.15) is 0 Å². The summed E-state index contributed by atoms with van der Waals surface area (Å²) in [6.07, 6.45) is 6.49. The van der Waals surface area contributed by atoms with Crippen LogP contribution >= 0.6 is 0 Å². The fourth-order valence-electron chi connectivity index (χ4n) is 3.08. The van der Waals surface area contributed by atoms with Gasteiger partial charge in [0.25, 0.3) is 5.91 Å². The summed E-state index contributed by atoms with van der Waals surface area (Å²) in [5.74, 6) is 0.954. The molecule has 1 aliphatic rings. The van der Waals surface area contributed by atoms with Crippen LogP contribution in [0.1, 0.15) is 43.0 Å². The first-order chi connectivity index (χ1) is 9.78. The van der Waals surface area contributed by atoms with Gasteiger partial charge in [0.15, 0.2) is 0 Å². The molecule has 1 saturated heterocycles. The monoisotopic (exact) mass is 271 g/mol. The molecule has 2 aromatic rings. The molecule has 0 bridgehead atoms. The zero-order valence-electron chi connectivity index (χ0n) is 11.9. The van der Waals surface area contributed by atoms with Gasteiger partial charge < -0.3 is 9.88 Å². The van der Waals surface area contributed by atoms with E-state index in [1.807, 2.05) is 23.1 Å². The molecule has 0 spiro atoms. The fraction of sp³-hybridized carbons (Fsp3) is 0.500. The quantitative estimate of drug-likeness (QED) is 0.931. The molecule has 4 nitrogen and oxygen atoms in total. The second-order valence-electron chi connectivity index (χ2n) is 5.66. The van der Waals surface area contributed by atoms with Gasteiger partial charge in [-0.25, -0.2) is 4.98 Å². The molecule has 1 amide bonds. The number of rotatable bonds is 3. The lowest BCUT2D eigenvalue weighted by Crippen LogP contribution is -2.38. The Morgan fingerprint density at radius 2 is 2.20 bits per heavy atom. The lowest BCUT2D eigenvalue weighted by atomic mass is 9.92. The van der Waals surface area contributed by atoms with Gasteiger partial charge in [0.05, 0.1) is 17.4 Å². The fourth-order valence-corrected chi connectivity index (χ4v) is 3.08. The Morgan fingerprint density at radius 1 is 1.40 bits per heavy atom. The predicted molar refractivity (Wildman–Crippen MR) is 79.6 cm³/mol. The van der Waals surface area contributed by atoms with Gasteiger partial charge in [-0.2, -0.15) is 0 Å². The van der Waals surface area contributed by atoms with Gasteiger partial charge in [-0.15, -0.1) is 0 Å². The minimum absolute atomic E-state index is 0.149. The zero-order valence-corrected chi connectivity index (χ0v) is 11.9. The number of imidazole rings is 1. The molecule has 2 heterocycles. The topological polar surface area (TPSA) is 49.0 Å². The first kappa shape index (κ1) is 13.2. The summed E-state index contributed by atoms with van der Waals surface area (Å²) < 4.78 is 0. The summed E-state index contributed by atoms with van der Waals surface area (Å²) in [6, 6.07) is 5.69. The summed E-state index contributed by atoms with van der Waals surface area (Å²) in [5.41, 5.74) is 2.59. The molecule has 0 saturated carbocycles. The average Bonchev–Trinajstić information content (AvgIpc) is 2.95. The highest BCUT2D eigenvalue weighted by Crippen LogP contribution is 2.23. The maximum atomic E-state index is 12.5. The zero-order chi connectivity index (χ0) is 13.9. The van der Waals surface area contributed by atoms with Gasteiger partial charge in [-0.05, 0) is 37.0 Å². The molecule has 1 N–H and O–H groups in total. The number of aromatic nitrogens is 2. The van der Waals surface area contributed by atoms with Crippen molar-refractivity contribution >= 4 is 16.9 Å². The van der Waals surface area contributed by atoms with Crippen molar-refractivity contribution in [3.05, 3.63) is 30.1 Å². The van der Waals surface area contributed by atoms with Gasteiger partial charge >= 0.3 is 0 Å². The van der Waals surface area contributed by atoms with E-state index in [0.29, 0.717) is 0 Å². The third-order valence-corrected chi connectivity index (χ3v) is 4.27. The van der Waals surface area contributed by atoms with E-state index in [0.717, 1.165) is 48.4 Å². The van der Waals surface area contributed by atoms with E-state index in [1.54, 1.807) is 6.33 Å². The van der Waals surface area contributed by atoms with Crippen molar-refractivity contribution in [3.8, 4) is 0 Å². The van der Waals surface area contributed by atoms with Crippen LogP contribution in [0.4, 0.5) is 0 Å². The van der Waals surface area contributed by atoms with Gasteiger partial charge in [-0.3, -0.25) is 4.79 Å². The lowest BCUT2D eigenvalue weighted by molar-refractivity contribution is 0.0686. The van der Waals surface area contributed by atoms with Crippen LogP contribution in [-0.4, -0.2) is 33.9 Å². The van der Waals surface area contributed by atoms with Crippen molar-refractivity contribution in [2.75, 3.05) is 13.1 Å². The number of benzene rings is 1. The molecule has 0 unspecified atom stereocenters. The first-order valence-electron chi connectivity index (χ1n) is 7.50. The number of nitrogens with one attached hydrogen (secondary N) is 1. The van der Waals surface area contributed by atoms with Crippen LogP contribution in [0.25, 0.3) is 11.0 Å². The molecule has 4 heteroatoms. The highest BCUT2D eigenvalue weighted by molar-refractivity contribution is 5.97. The summed E-state index contributed by atoms with van der Waals surface area (Å²) in [5, 5.41) is 0. The van der Waals surface area contributed by atoms with Crippen molar-refractivity contribution in [1.29, 1.82) is 0 Å². The molecule has 0 aliphatic carbocycles. The molecule has 106 valence electrons. The Hall–Kier alpha value is -1.84. The third-order valence-electron chi connectivity index (χ3n) is 4.27. The molecule has 0 radical (unpaired) electrons. The third kappa shape index (κ3) is 2.55. The minimum Gasteiger partial charge on any atom is -0.345 e. The second-order valence-corrected chi connectivity index (χ2v) is 5.66. The summed E-state index contributed by atoms with van der Waals surface area (Å²) >= 11 is 0. The number of aromatic amines is 1. The van der Waals surface area contributed by atoms with Crippen molar-refractivity contribution in [1.82, 2.24) is 14.9 Å². The van der Waals surface area contributed by atoms with E-state index in [2.05, 4.69) is 16.9 Å². The number of amides is 1. The summed E-state index contributed by atoms with van der Waals surface area (Å²) in [4.78, 5) is 21.8. The number of hydrogen-bond donors (Lipinski definition) is 1. The van der Waals surface area contributed by atoms with Crippen molar-refractivity contribution < 1.29 is 4.79 Å². The Bertz CT molecular complexity index is 597. The summed E-state index contributed by atoms with van der Waals surface area (Å²) in [6.45, 7) is 4.02. The first-order valence-corrected chi connectivity index (χ1v) is 7.50. The molecule has 1 aliphatic heterocycles. The number of fused-ring (bicyclic) bond motifs is 1. The second kappa shape index (κ2) is 5.65. The molecule has 1 aromatic carbocycles. The average molecular weight is 271 g/mol. The molecular weight excluding hydrogens is 250 g/mol. The minimum atomic E-state index is 0.149. The van der Waals surface area contributed by atoms with Gasteiger partial charge in [0.2, 0.25) is 0 Å². The number of likely N-dealkylation sites (tertiary alicyclic amines) is 1. The Morgan fingerprint density at radius 3 is 2.95 bits per heavy atom. The number of piperidine rings is 1. The highest BCUT2D eigenvalue weighted by atomic mass is 16.2. The van der Waals surface area contributed by atoms with E-state index in [9.17, 15) is 4.79 Å². The molecule has 1 aromatic heterocycles. The van der Waals surface area contributed by atoms with Crippen molar-refractivity contribution in [3.63, 3.8) is 0 Å². The number of carbonyl (C=O) groups excluding carboxylic acids is 1. The molecule has 0 atom stereocenters. The van der Waals surface area contributed by atoms with E-state index in [1.165, 1.54) is 12.8 Å². The number of hydrogen-bond acceptors (Lipinski definition) is 2. The Labute approximate surface area is 119 Å². The summed E-state index contributed by atoms with van der Waals surface area (Å²) in [7, 11) is 0. The number of nitrogens with zero attached hydrogens (tertiary/aromatic N) is 2. The molecule has 3 rings (SSSR count). The number of H-pyrrole nitrogens is 1. The predicted octanol–water partition coefficient (Wildman–Crippen LogP) is 3.22. The van der Waals surface area contributed by atoms with Gasteiger partial charge in [-0.1, -0.05) is 19.8 Å². The smallest absolute Gasteiger partial charge is 0.253 e. The normalized spacial score (nSPS) is 16.8. The van der Waals surface area contributed by atoms with Crippen molar-refractivity contribution in [2.45, 2.75) is 32.6 Å². The van der Waals surface area contributed by atoms with Crippen LogP contribution in [0.2, 0.25) is 0 Å². The van der Waals surface area contributed by atoms with E-state index in [-0.39, 0.29) is 5.91 Å². The molecular formula is C16H21N3O. The van der Waals surface area contributed by atoms with Crippen LogP contribution in [0.15, 0.2) is 24.5 Å². The van der Waals surface area contributed by atoms with E-state index in [4.69, 9.17) is 0 Å². The SMILES string of the molecule is CCCC1CCN(C(=O)c2ccc3nc[nH]c3c2)CC1. The van der Waals surface area contributed by atoms with Crippen molar-refractivity contribution in [2.24, 2.45) is 5.92 Å². The van der Waals surface area contributed by atoms with Crippen LogP contribution in [0.3, 0.4) is 0 Å². The van der Waals surface area contributed by atoms with E-state index >= 15 is 0 Å².